The number of aliphatic carboxylic acids is 1. The zero-order valence-electron chi connectivity index (χ0n) is 11.5. The van der Waals surface area contributed by atoms with Crippen molar-refractivity contribution in [2.75, 3.05) is 19.7 Å². The average molecular weight is 270 g/mol. The van der Waals surface area contributed by atoms with Gasteiger partial charge in [0.25, 0.3) is 0 Å². The topological polar surface area (TPSA) is 70.1 Å². The van der Waals surface area contributed by atoms with Crippen LogP contribution in [0.15, 0.2) is 0 Å². The van der Waals surface area contributed by atoms with E-state index in [0.717, 1.165) is 12.8 Å². The lowest BCUT2D eigenvalue weighted by Crippen LogP contribution is -2.58. The van der Waals surface area contributed by atoms with Gasteiger partial charge in [-0.1, -0.05) is 0 Å². The van der Waals surface area contributed by atoms with Gasteiger partial charge in [0, 0.05) is 13.1 Å². The Hall–Kier alpha value is -1.30. The molecule has 0 aromatic rings. The number of piperidine rings is 1. The molecule has 19 heavy (non-hydrogen) atoms. The number of ether oxygens (including phenoxy) is 1. The maximum Gasteiger partial charge on any atom is 0.326 e. The van der Waals surface area contributed by atoms with Gasteiger partial charge in [-0.25, -0.2) is 9.59 Å². The largest absolute Gasteiger partial charge is 0.480 e. The summed E-state index contributed by atoms with van der Waals surface area (Å²) < 4.78 is 5.50. The van der Waals surface area contributed by atoms with E-state index in [0.29, 0.717) is 26.1 Å². The Bertz CT molecular complexity index is 361. The maximum atomic E-state index is 12.6. The number of carboxylic acids is 1. The molecule has 1 N–H and O–H groups in total. The molecule has 0 saturated carbocycles. The van der Waals surface area contributed by atoms with Gasteiger partial charge in [0.15, 0.2) is 0 Å². The summed E-state index contributed by atoms with van der Waals surface area (Å²) in [6.45, 7) is 5.44. The lowest BCUT2D eigenvalue weighted by Gasteiger charge is -2.42. The van der Waals surface area contributed by atoms with Crippen LogP contribution in [-0.2, 0) is 9.53 Å². The number of carbonyl (C=O) groups is 2. The van der Waals surface area contributed by atoms with Crippen LogP contribution in [0.5, 0.6) is 0 Å². The molecule has 3 atom stereocenters. The van der Waals surface area contributed by atoms with Crippen LogP contribution in [0, 0.1) is 0 Å². The van der Waals surface area contributed by atoms with Gasteiger partial charge in [0.05, 0.1) is 18.8 Å². The summed E-state index contributed by atoms with van der Waals surface area (Å²) >= 11 is 0. The molecule has 3 unspecified atom stereocenters. The third-order valence-corrected chi connectivity index (χ3v) is 3.89. The number of carboxylic acid groups (broad SMARTS) is 1. The van der Waals surface area contributed by atoms with Crippen LogP contribution in [0.4, 0.5) is 4.79 Å². The number of carbonyl (C=O) groups excluding carboxylic acids is 1. The molecule has 0 spiro atoms. The third-order valence-electron chi connectivity index (χ3n) is 3.89. The van der Waals surface area contributed by atoms with Gasteiger partial charge in [-0.05, 0) is 33.1 Å². The molecule has 2 rings (SSSR count). The van der Waals surface area contributed by atoms with Gasteiger partial charge in [-0.2, -0.15) is 0 Å². The number of morpholine rings is 1. The van der Waals surface area contributed by atoms with E-state index in [1.54, 1.807) is 4.90 Å². The third kappa shape index (κ3) is 3.00. The van der Waals surface area contributed by atoms with Gasteiger partial charge in [-0.3, -0.25) is 0 Å². The van der Waals surface area contributed by atoms with Crippen LogP contribution in [0.3, 0.4) is 0 Å². The fourth-order valence-corrected chi connectivity index (χ4v) is 2.75. The monoisotopic (exact) mass is 270 g/mol. The quantitative estimate of drug-likeness (QED) is 0.776. The highest BCUT2D eigenvalue weighted by Crippen LogP contribution is 2.21. The van der Waals surface area contributed by atoms with Crippen molar-refractivity contribution in [1.82, 2.24) is 9.80 Å². The molecule has 2 heterocycles. The lowest BCUT2D eigenvalue weighted by atomic mass is 10.0. The Morgan fingerprint density at radius 2 is 1.95 bits per heavy atom. The summed E-state index contributed by atoms with van der Waals surface area (Å²) in [5, 5.41) is 9.24. The van der Waals surface area contributed by atoms with E-state index >= 15 is 0 Å². The zero-order chi connectivity index (χ0) is 14.0. The highest BCUT2D eigenvalue weighted by atomic mass is 16.5. The summed E-state index contributed by atoms with van der Waals surface area (Å²) in [5.74, 6) is -0.901. The maximum absolute atomic E-state index is 12.6. The van der Waals surface area contributed by atoms with Crippen LogP contribution >= 0.6 is 0 Å². The number of hydrogen-bond donors (Lipinski definition) is 1. The van der Waals surface area contributed by atoms with Crippen LogP contribution in [0.1, 0.15) is 33.1 Å². The number of urea groups is 1. The number of likely N-dealkylation sites (tertiary alicyclic amines) is 1. The van der Waals surface area contributed by atoms with Crippen molar-refractivity contribution in [1.29, 1.82) is 0 Å². The second kappa shape index (κ2) is 5.77. The van der Waals surface area contributed by atoms with Gasteiger partial charge in [-0.15, -0.1) is 0 Å². The van der Waals surface area contributed by atoms with Crippen molar-refractivity contribution in [2.45, 2.75) is 51.3 Å². The van der Waals surface area contributed by atoms with E-state index in [2.05, 4.69) is 0 Å². The van der Waals surface area contributed by atoms with E-state index in [1.165, 1.54) is 4.90 Å². The van der Waals surface area contributed by atoms with Gasteiger partial charge >= 0.3 is 12.0 Å². The van der Waals surface area contributed by atoms with Crippen molar-refractivity contribution in [3.05, 3.63) is 0 Å². The van der Waals surface area contributed by atoms with Crippen LogP contribution in [0.25, 0.3) is 0 Å². The molecule has 2 aliphatic heterocycles. The van der Waals surface area contributed by atoms with E-state index in [9.17, 15) is 14.7 Å². The SMILES string of the molecule is CC1CN(C(=O)N2CCCCC2C(=O)O)C(C)CO1. The predicted molar refractivity (Wildman–Crippen MR) is 69.0 cm³/mol. The Morgan fingerprint density at radius 1 is 1.21 bits per heavy atom. The highest BCUT2D eigenvalue weighted by Gasteiger charge is 2.37. The smallest absolute Gasteiger partial charge is 0.326 e. The average Bonchev–Trinajstić information content (AvgIpc) is 2.40. The molecule has 2 fully saturated rings. The van der Waals surface area contributed by atoms with Gasteiger partial charge in [0.1, 0.15) is 6.04 Å². The molecule has 0 aromatic carbocycles. The normalized spacial score (nSPS) is 32.2. The Labute approximate surface area is 113 Å². The summed E-state index contributed by atoms with van der Waals surface area (Å²) in [5.41, 5.74) is 0. The summed E-state index contributed by atoms with van der Waals surface area (Å²) in [4.78, 5) is 27.1. The zero-order valence-corrected chi connectivity index (χ0v) is 11.5. The molecule has 6 heteroatoms. The fraction of sp³-hybridized carbons (Fsp3) is 0.846. The number of nitrogens with zero attached hydrogens (tertiary/aromatic N) is 2. The van der Waals surface area contributed by atoms with Crippen LogP contribution < -0.4 is 0 Å². The van der Waals surface area contributed by atoms with E-state index in [1.807, 2.05) is 13.8 Å². The predicted octanol–water partition coefficient (Wildman–Crippen LogP) is 1.15. The molecule has 0 aliphatic carbocycles. The van der Waals surface area contributed by atoms with Crippen LogP contribution in [-0.4, -0.2) is 64.8 Å². The van der Waals surface area contributed by atoms with Crippen LogP contribution in [0.2, 0.25) is 0 Å². The fourth-order valence-electron chi connectivity index (χ4n) is 2.75. The standard InChI is InChI=1S/C13H22N2O4/c1-9-8-19-10(2)7-15(9)13(18)14-6-4-3-5-11(14)12(16)17/h9-11H,3-8H2,1-2H3,(H,16,17). The number of rotatable bonds is 1. The van der Waals surface area contributed by atoms with Crippen molar-refractivity contribution in [2.24, 2.45) is 0 Å². The second-order valence-corrected chi connectivity index (χ2v) is 5.47. The van der Waals surface area contributed by atoms with Gasteiger partial charge < -0.3 is 19.6 Å². The molecule has 0 radical (unpaired) electrons. The first-order chi connectivity index (χ1) is 9.00. The van der Waals surface area contributed by atoms with Gasteiger partial charge in [0.2, 0.25) is 0 Å². The first kappa shape index (κ1) is 14.1. The Kier molecular flexibility index (Phi) is 4.29. The molecular formula is C13H22N2O4. The second-order valence-electron chi connectivity index (χ2n) is 5.47. The van der Waals surface area contributed by atoms with E-state index < -0.39 is 12.0 Å². The Morgan fingerprint density at radius 3 is 2.63 bits per heavy atom. The summed E-state index contributed by atoms with van der Waals surface area (Å²) in [6, 6.07) is -0.832. The minimum atomic E-state index is -0.901. The van der Waals surface area contributed by atoms with E-state index in [4.69, 9.17) is 4.74 Å². The molecular weight excluding hydrogens is 248 g/mol. The summed E-state index contributed by atoms with van der Waals surface area (Å²) in [7, 11) is 0. The minimum absolute atomic E-state index is 0.0000661. The molecule has 6 nitrogen and oxygen atoms in total. The number of hydrogen-bond acceptors (Lipinski definition) is 3. The minimum Gasteiger partial charge on any atom is -0.480 e. The molecule has 108 valence electrons. The lowest BCUT2D eigenvalue weighted by molar-refractivity contribution is -0.143. The molecule has 0 aromatic heterocycles. The van der Waals surface area contributed by atoms with Crippen molar-refractivity contribution in [3.63, 3.8) is 0 Å². The van der Waals surface area contributed by atoms with Crippen molar-refractivity contribution < 1.29 is 19.4 Å². The molecule has 2 amide bonds. The first-order valence-corrected chi connectivity index (χ1v) is 6.92. The summed E-state index contributed by atoms with van der Waals surface area (Å²) in [6.07, 6.45) is 2.31. The first-order valence-electron chi connectivity index (χ1n) is 6.92. The van der Waals surface area contributed by atoms with Crippen molar-refractivity contribution in [3.8, 4) is 0 Å². The molecule has 0 bridgehead atoms. The molecule has 2 aliphatic rings. The van der Waals surface area contributed by atoms with Crippen molar-refractivity contribution >= 4 is 12.0 Å². The number of amides is 2. The molecule has 2 saturated heterocycles. The van der Waals surface area contributed by atoms with E-state index in [-0.39, 0.29) is 18.2 Å². The Balaban J connectivity index is 2.10. The highest BCUT2D eigenvalue weighted by molar-refractivity contribution is 5.83.